The zero-order valence-corrected chi connectivity index (χ0v) is 42.7. The number of rotatable bonds is 10. The number of ketones is 3. The van der Waals surface area contributed by atoms with Crippen molar-refractivity contribution in [2.75, 3.05) is 27.9 Å². The van der Waals surface area contributed by atoms with Crippen LogP contribution in [-0.2, 0) is 58.9 Å². The van der Waals surface area contributed by atoms with Gasteiger partial charge in [-0.15, -0.1) is 0 Å². The Morgan fingerprint density at radius 1 is 0.912 bits per heavy atom. The first-order valence-corrected chi connectivity index (χ1v) is 25.6. The van der Waals surface area contributed by atoms with Gasteiger partial charge in [-0.1, -0.05) is 69.7 Å². The first-order valence-electron chi connectivity index (χ1n) is 24.5. The summed E-state index contributed by atoms with van der Waals surface area (Å²) in [7, 11) is 4.28. The van der Waals surface area contributed by atoms with Gasteiger partial charge in [0.2, 0.25) is 5.79 Å². The van der Waals surface area contributed by atoms with Gasteiger partial charge in [-0.05, 0) is 115 Å². The lowest BCUT2D eigenvalue weighted by molar-refractivity contribution is -0.263. The Kier molecular flexibility index (Phi) is 22.6. The Labute approximate surface area is 406 Å². The molecule has 2 aliphatic carbocycles. The van der Waals surface area contributed by atoms with E-state index in [4.69, 9.17) is 23.7 Å². The molecule has 2 heterocycles. The Hall–Kier alpha value is -3.26. The van der Waals surface area contributed by atoms with Crippen LogP contribution in [0.2, 0.25) is 0 Å². The van der Waals surface area contributed by atoms with E-state index in [1.54, 1.807) is 72.1 Å². The minimum absolute atomic E-state index is 0.0161. The Morgan fingerprint density at radius 2 is 1.60 bits per heavy atom. The lowest BCUT2D eigenvalue weighted by Gasteiger charge is -2.42. The van der Waals surface area contributed by atoms with Gasteiger partial charge in [-0.3, -0.25) is 23.4 Å². The number of carbonyl (C=O) groups is 5. The summed E-state index contributed by atoms with van der Waals surface area (Å²) in [5.74, 6) is -8.11. The predicted octanol–water partition coefficient (Wildman–Crippen LogP) is 5.57. The summed E-state index contributed by atoms with van der Waals surface area (Å²) >= 11 is -2.68. The lowest BCUT2D eigenvalue weighted by Crippen LogP contribution is -2.59. The van der Waals surface area contributed by atoms with E-state index >= 15 is 0 Å². The summed E-state index contributed by atoms with van der Waals surface area (Å²) in [5.41, 5.74) is 0.977. The molecule has 0 radical (unpaired) electrons. The number of esters is 1. The maximum Gasteiger partial charge on any atom is 0.328 e. The highest BCUT2D eigenvalue weighted by Gasteiger charge is 2.52. The molecule has 4 aliphatic rings. The molecule has 1 amide bonds. The Bertz CT molecular complexity index is 1880. The molecule has 0 spiro atoms. The molecular formula is C51H79N2O14S-. The molecule has 1 saturated heterocycles. The number of allylic oxidation sites excluding steroid dienone is 6. The van der Waals surface area contributed by atoms with E-state index in [0.717, 1.165) is 30.8 Å². The number of likely N-dealkylation sites (N-methyl/N-ethyl adjacent to an activating group) is 1. The maximum atomic E-state index is 14.1. The number of cyclic esters (lactones) is 1. The van der Waals surface area contributed by atoms with Gasteiger partial charge in [0.05, 0.1) is 18.3 Å². The molecule has 0 aromatic rings. The quantitative estimate of drug-likeness (QED) is 0.105. The van der Waals surface area contributed by atoms with Crippen LogP contribution < -0.4 is 4.72 Å². The second-order valence-electron chi connectivity index (χ2n) is 20.0. The highest BCUT2D eigenvalue weighted by molar-refractivity contribution is 7.77. The molecule has 16 nitrogen and oxygen atoms in total. The van der Waals surface area contributed by atoms with Crippen molar-refractivity contribution >= 4 is 40.5 Å². The third kappa shape index (κ3) is 16.1. The second kappa shape index (κ2) is 26.8. The average molecular weight is 976 g/mol. The van der Waals surface area contributed by atoms with Crippen molar-refractivity contribution in [3.05, 3.63) is 47.6 Å². The molecule has 0 aromatic carbocycles. The van der Waals surface area contributed by atoms with Gasteiger partial charge in [-0.25, -0.2) is 9.52 Å². The van der Waals surface area contributed by atoms with Crippen molar-refractivity contribution in [1.82, 2.24) is 9.62 Å². The molecule has 384 valence electrons. The molecular weight excluding hydrogens is 897 g/mol. The molecule has 3 N–H and O–H groups in total. The highest BCUT2D eigenvalue weighted by atomic mass is 32.2. The number of amides is 1. The number of ether oxygens (including phenoxy) is 5. The molecule has 2 aliphatic heterocycles. The van der Waals surface area contributed by atoms with E-state index in [-0.39, 0.29) is 54.9 Å². The van der Waals surface area contributed by atoms with Gasteiger partial charge < -0.3 is 43.4 Å². The van der Waals surface area contributed by atoms with Crippen molar-refractivity contribution in [1.29, 1.82) is 0 Å². The first-order chi connectivity index (χ1) is 32.1. The van der Waals surface area contributed by atoms with Gasteiger partial charge in [0.1, 0.15) is 30.1 Å². The molecule has 3 fully saturated rings. The van der Waals surface area contributed by atoms with E-state index in [1.165, 1.54) is 33.9 Å². The lowest BCUT2D eigenvalue weighted by atomic mass is 9.78. The highest BCUT2D eigenvalue weighted by Crippen LogP contribution is 2.38. The molecule has 2 bridgehead atoms. The molecule has 68 heavy (non-hydrogen) atoms. The topological polar surface area (TPSA) is 227 Å². The number of nitrogens with zero attached hydrogens (tertiary/aromatic N) is 1. The van der Waals surface area contributed by atoms with Crippen molar-refractivity contribution in [2.24, 2.45) is 35.5 Å². The number of aliphatic hydroxyl groups excluding tert-OH is 1. The third-order valence-corrected chi connectivity index (χ3v) is 15.1. The van der Waals surface area contributed by atoms with Gasteiger partial charge in [0.25, 0.3) is 11.7 Å². The zero-order chi connectivity index (χ0) is 50.5. The Morgan fingerprint density at radius 3 is 2.25 bits per heavy atom. The van der Waals surface area contributed by atoms with E-state index in [1.807, 2.05) is 13.0 Å². The predicted molar refractivity (Wildman–Crippen MR) is 255 cm³/mol. The number of methoxy groups -OCH3 is 2. The maximum absolute atomic E-state index is 14.1. The summed E-state index contributed by atoms with van der Waals surface area (Å²) < 4.78 is 56.0. The number of hydrogen-bond donors (Lipinski definition) is 3. The van der Waals surface area contributed by atoms with E-state index in [2.05, 4.69) is 4.72 Å². The van der Waals surface area contributed by atoms with Crippen molar-refractivity contribution in [3.63, 3.8) is 0 Å². The van der Waals surface area contributed by atoms with Crippen LogP contribution in [0.3, 0.4) is 0 Å². The van der Waals surface area contributed by atoms with Gasteiger partial charge >= 0.3 is 5.97 Å². The molecule has 15 atom stereocenters. The van der Waals surface area contributed by atoms with Crippen molar-refractivity contribution in [2.45, 2.75) is 180 Å². The summed E-state index contributed by atoms with van der Waals surface area (Å²) in [5, 5.41) is 23.2. The van der Waals surface area contributed by atoms with E-state index in [0.29, 0.717) is 42.7 Å². The SMILES string of the molecule is COC1C(=O)C(C)CC/C=C/C=C/C=C(\C)C(NS(=O)[O-])C[C@H]2CC[C@H](C)[C@](O)(O2)C(=O)C(=O)N(C)C(C)C(=O)OC([C@H](C)C[C@@H]2CC[C@@H](OCC3CC3)[C@H](OC)C2)CC(=O)C(C)/C=C(\C)C1O. The van der Waals surface area contributed by atoms with Crippen LogP contribution in [0.1, 0.15) is 126 Å². The van der Waals surface area contributed by atoms with Crippen LogP contribution in [0.4, 0.5) is 0 Å². The van der Waals surface area contributed by atoms with Crippen LogP contribution in [0.5, 0.6) is 0 Å². The largest absolute Gasteiger partial charge is 0.760 e. The van der Waals surface area contributed by atoms with Crippen LogP contribution in [-0.4, -0.2) is 135 Å². The number of hydrogen-bond acceptors (Lipinski definition) is 14. The van der Waals surface area contributed by atoms with E-state index in [9.17, 15) is 42.9 Å². The summed E-state index contributed by atoms with van der Waals surface area (Å²) in [6.07, 6.45) is 12.8. The molecule has 2 saturated carbocycles. The smallest absolute Gasteiger partial charge is 0.328 e. The standard InChI is InChI=1S/C51H80N2O14S/c1-30-16-14-12-11-13-15-17-31(2)45(55)47(64-10)46(56)34(5)24-32(3)41(54)28-43(33(4)25-38-21-23-42(44(26-38)63-9)65-29-37-19-20-37)66-50(59)36(7)53(8)49(58)48(57)51(60)35(6)18-22-39(67-51)27-40(30)52-68(61)62/h11-14,16,24,31-33,35-40,42-44,46-47,52,56,60H,15,17-23,25-29H2,1-10H3,(H,61,62)/p-1/b13-11+,14-12+,30-16+,34-24+/t31?,32?,33-,35+,36?,38+,39-,40?,42-,43?,44-,46?,47?,51+/m1/s1. The number of carbonyl (C=O) groups excluding carboxylic acids is 5. The minimum atomic E-state index is -2.68. The molecule has 4 rings (SSSR count). The minimum Gasteiger partial charge on any atom is -0.760 e. The number of nitrogens with one attached hydrogen (secondary N) is 1. The van der Waals surface area contributed by atoms with E-state index < -0.39 is 89.0 Å². The molecule has 17 heteroatoms. The third-order valence-electron chi connectivity index (χ3n) is 14.7. The average Bonchev–Trinajstić information content (AvgIpc) is 4.14. The summed E-state index contributed by atoms with van der Waals surface area (Å²) in [6, 6.07) is -2.12. The second-order valence-corrected chi connectivity index (χ2v) is 20.7. The molecule has 8 unspecified atom stereocenters. The fourth-order valence-electron chi connectivity index (χ4n) is 9.46. The van der Waals surface area contributed by atoms with Crippen molar-refractivity contribution in [3.8, 4) is 0 Å². The van der Waals surface area contributed by atoms with Gasteiger partial charge in [0, 0.05) is 69.4 Å². The summed E-state index contributed by atoms with van der Waals surface area (Å²) in [4.78, 5) is 70.5. The monoisotopic (exact) mass is 976 g/mol. The van der Waals surface area contributed by atoms with Crippen LogP contribution in [0.15, 0.2) is 47.6 Å². The van der Waals surface area contributed by atoms with Crippen LogP contribution >= 0.6 is 0 Å². The summed E-state index contributed by atoms with van der Waals surface area (Å²) in [6.45, 7) is 12.4. The fraction of sp³-hybridized carbons (Fsp3) is 0.745. The Balaban J connectivity index is 1.64. The normalized spacial score (nSPS) is 38.7. The number of Topliss-reactive ketones (excluding diaryl/α,β-unsaturated/α-hetero) is 3. The number of aliphatic hydroxyl groups is 2. The zero-order valence-electron chi connectivity index (χ0n) is 41.9. The van der Waals surface area contributed by atoms with Crippen molar-refractivity contribution < 1.29 is 66.6 Å². The number of fused-ring (bicyclic) bond motifs is 2. The van der Waals surface area contributed by atoms with Crippen LogP contribution in [0.25, 0.3) is 0 Å². The fourth-order valence-corrected chi connectivity index (χ4v) is 9.98. The molecule has 0 aromatic heterocycles. The van der Waals surface area contributed by atoms with Crippen LogP contribution in [0, 0.1) is 35.5 Å². The first kappa shape index (κ1) is 57.3. The van der Waals surface area contributed by atoms with Gasteiger partial charge in [-0.2, -0.15) is 0 Å². The van der Waals surface area contributed by atoms with Gasteiger partial charge in [0.15, 0.2) is 5.78 Å².